The van der Waals surface area contributed by atoms with Crippen LogP contribution in [0.1, 0.15) is 25.7 Å². The zero-order chi connectivity index (χ0) is 14.4. The maximum absolute atomic E-state index is 13.8. The second kappa shape index (κ2) is 4.96. The second-order valence-electron chi connectivity index (χ2n) is 5.43. The standard InChI is InChI=1S/C13H14BrFN2O3/c14-10-5-13(17(19)20)12(6-11(10)15)16-7-1-2-8(16)4-9(18)3-7/h5-9,18H,1-4H2. The Hall–Kier alpha value is -1.21. The van der Waals surface area contributed by atoms with Gasteiger partial charge in [0.25, 0.3) is 5.69 Å². The van der Waals surface area contributed by atoms with Crippen molar-refractivity contribution in [2.75, 3.05) is 4.90 Å². The molecule has 1 aromatic rings. The Bertz CT molecular complexity index is 555. The third-order valence-electron chi connectivity index (χ3n) is 4.20. The van der Waals surface area contributed by atoms with E-state index >= 15 is 0 Å². The lowest BCUT2D eigenvalue weighted by atomic mass is 9.98. The Morgan fingerprint density at radius 1 is 1.35 bits per heavy atom. The van der Waals surface area contributed by atoms with E-state index in [0.29, 0.717) is 18.5 Å². The van der Waals surface area contributed by atoms with Crippen molar-refractivity contribution in [2.24, 2.45) is 0 Å². The third-order valence-corrected chi connectivity index (χ3v) is 4.81. The number of hydrogen-bond acceptors (Lipinski definition) is 4. The molecule has 2 aliphatic heterocycles. The van der Waals surface area contributed by atoms with Gasteiger partial charge in [-0.25, -0.2) is 4.39 Å². The van der Waals surface area contributed by atoms with Crippen LogP contribution in [0.3, 0.4) is 0 Å². The average Bonchev–Trinajstić information content (AvgIpc) is 2.64. The molecule has 0 amide bonds. The number of aliphatic hydroxyl groups is 1. The SMILES string of the molecule is O=[N+]([O-])c1cc(Br)c(F)cc1N1C2CCC1CC(O)C2. The van der Waals surface area contributed by atoms with Gasteiger partial charge in [-0.05, 0) is 41.6 Å². The van der Waals surface area contributed by atoms with Gasteiger partial charge in [0, 0.05) is 24.2 Å². The molecule has 2 fully saturated rings. The van der Waals surface area contributed by atoms with Gasteiger partial charge in [-0.15, -0.1) is 0 Å². The van der Waals surface area contributed by atoms with Crippen molar-refractivity contribution >= 4 is 27.3 Å². The van der Waals surface area contributed by atoms with Gasteiger partial charge < -0.3 is 10.0 Å². The minimum absolute atomic E-state index is 0.0584. The van der Waals surface area contributed by atoms with Gasteiger partial charge in [-0.2, -0.15) is 0 Å². The van der Waals surface area contributed by atoms with Crippen LogP contribution in [0, 0.1) is 15.9 Å². The summed E-state index contributed by atoms with van der Waals surface area (Å²) in [6.07, 6.45) is 2.59. The number of nitro groups is 1. The second-order valence-corrected chi connectivity index (χ2v) is 6.28. The number of anilines is 1. The van der Waals surface area contributed by atoms with Crippen LogP contribution >= 0.6 is 15.9 Å². The Morgan fingerprint density at radius 3 is 2.50 bits per heavy atom. The molecule has 0 saturated carbocycles. The van der Waals surface area contributed by atoms with E-state index in [1.165, 1.54) is 12.1 Å². The van der Waals surface area contributed by atoms with Gasteiger partial charge in [0.2, 0.25) is 0 Å². The Kier molecular flexibility index (Phi) is 3.41. The number of halogens is 2. The third kappa shape index (κ3) is 2.18. The zero-order valence-corrected chi connectivity index (χ0v) is 12.2. The van der Waals surface area contributed by atoms with Crippen molar-refractivity contribution in [1.82, 2.24) is 0 Å². The van der Waals surface area contributed by atoms with Crippen molar-refractivity contribution in [2.45, 2.75) is 43.9 Å². The van der Waals surface area contributed by atoms with E-state index in [2.05, 4.69) is 15.9 Å². The van der Waals surface area contributed by atoms with E-state index in [0.717, 1.165) is 12.8 Å². The first kappa shape index (κ1) is 13.8. The lowest BCUT2D eigenvalue weighted by molar-refractivity contribution is -0.384. The topological polar surface area (TPSA) is 66.6 Å². The Morgan fingerprint density at radius 2 is 1.95 bits per heavy atom. The highest BCUT2D eigenvalue weighted by atomic mass is 79.9. The van der Waals surface area contributed by atoms with E-state index in [1.807, 2.05) is 4.90 Å². The van der Waals surface area contributed by atoms with Crippen LogP contribution < -0.4 is 4.90 Å². The molecule has 1 N–H and O–H groups in total. The van der Waals surface area contributed by atoms with E-state index in [4.69, 9.17) is 0 Å². The summed E-state index contributed by atoms with van der Waals surface area (Å²) in [4.78, 5) is 12.7. The van der Waals surface area contributed by atoms with Gasteiger partial charge >= 0.3 is 0 Å². The predicted octanol–water partition coefficient (Wildman–Crippen LogP) is 2.99. The van der Waals surface area contributed by atoms with Crippen LogP contribution in [-0.2, 0) is 0 Å². The number of benzene rings is 1. The summed E-state index contributed by atoms with van der Waals surface area (Å²) in [5, 5.41) is 21.0. The number of hydrogen-bond donors (Lipinski definition) is 1. The van der Waals surface area contributed by atoms with E-state index in [1.54, 1.807) is 0 Å². The Balaban J connectivity index is 2.06. The highest BCUT2D eigenvalue weighted by Crippen LogP contribution is 2.44. The van der Waals surface area contributed by atoms with Crippen LogP contribution in [0.5, 0.6) is 0 Å². The quantitative estimate of drug-likeness (QED) is 0.661. The zero-order valence-electron chi connectivity index (χ0n) is 10.6. The van der Waals surface area contributed by atoms with Crippen LogP contribution in [0.15, 0.2) is 16.6 Å². The average molecular weight is 345 g/mol. The van der Waals surface area contributed by atoms with Crippen molar-refractivity contribution in [3.05, 3.63) is 32.5 Å². The van der Waals surface area contributed by atoms with Crippen LogP contribution in [0.4, 0.5) is 15.8 Å². The first-order valence-electron chi connectivity index (χ1n) is 6.57. The number of nitrogens with zero attached hydrogens (tertiary/aromatic N) is 2. The van der Waals surface area contributed by atoms with Crippen molar-refractivity contribution in [1.29, 1.82) is 0 Å². The molecular weight excluding hydrogens is 331 g/mol. The van der Waals surface area contributed by atoms with Gasteiger partial charge in [0.1, 0.15) is 11.5 Å². The van der Waals surface area contributed by atoms with Gasteiger partial charge in [0.15, 0.2) is 0 Å². The van der Waals surface area contributed by atoms with Crippen molar-refractivity contribution in [3.8, 4) is 0 Å². The summed E-state index contributed by atoms with van der Waals surface area (Å²) in [7, 11) is 0. The van der Waals surface area contributed by atoms with Crippen LogP contribution in [-0.4, -0.2) is 28.2 Å². The number of nitro benzene ring substituents is 1. The number of piperidine rings is 1. The molecule has 2 atom stereocenters. The monoisotopic (exact) mass is 344 g/mol. The molecule has 2 aliphatic rings. The van der Waals surface area contributed by atoms with E-state index in [-0.39, 0.29) is 28.3 Å². The van der Waals surface area contributed by atoms with Crippen LogP contribution in [0.25, 0.3) is 0 Å². The molecule has 2 bridgehead atoms. The van der Waals surface area contributed by atoms with E-state index < -0.39 is 10.7 Å². The highest BCUT2D eigenvalue weighted by molar-refractivity contribution is 9.10. The van der Waals surface area contributed by atoms with Gasteiger partial charge in [0.05, 0.1) is 15.5 Å². The molecule has 0 radical (unpaired) electrons. The molecule has 108 valence electrons. The molecule has 0 aliphatic carbocycles. The minimum Gasteiger partial charge on any atom is -0.393 e. The molecule has 20 heavy (non-hydrogen) atoms. The van der Waals surface area contributed by atoms with E-state index in [9.17, 15) is 19.6 Å². The highest BCUT2D eigenvalue weighted by Gasteiger charge is 2.42. The molecule has 0 aromatic heterocycles. The maximum Gasteiger partial charge on any atom is 0.293 e. The fourth-order valence-corrected chi connectivity index (χ4v) is 3.75. The lowest BCUT2D eigenvalue weighted by Gasteiger charge is -2.38. The molecule has 1 aromatic carbocycles. The number of aliphatic hydroxyl groups excluding tert-OH is 1. The number of fused-ring (bicyclic) bond motifs is 2. The Labute approximate surface area is 123 Å². The molecule has 5 nitrogen and oxygen atoms in total. The smallest absolute Gasteiger partial charge is 0.293 e. The molecule has 7 heteroatoms. The lowest BCUT2D eigenvalue weighted by Crippen LogP contribution is -2.45. The molecule has 3 rings (SSSR count). The summed E-state index contributed by atoms with van der Waals surface area (Å²) < 4.78 is 13.9. The largest absolute Gasteiger partial charge is 0.393 e. The molecule has 2 unspecified atom stereocenters. The maximum atomic E-state index is 13.8. The summed E-state index contributed by atoms with van der Waals surface area (Å²) in [5.74, 6) is -0.504. The normalized spacial score (nSPS) is 28.8. The summed E-state index contributed by atoms with van der Waals surface area (Å²) in [5.41, 5.74) is 0.238. The first-order valence-corrected chi connectivity index (χ1v) is 7.36. The summed E-state index contributed by atoms with van der Waals surface area (Å²) in [6.45, 7) is 0. The number of rotatable bonds is 2. The van der Waals surface area contributed by atoms with Crippen molar-refractivity contribution < 1.29 is 14.4 Å². The molecule has 0 spiro atoms. The molecule has 2 heterocycles. The van der Waals surface area contributed by atoms with Crippen molar-refractivity contribution in [3.63, 3.8) is 0 Å². The first-order chi connectivity index (χ1) is 9.47. The predicted molar refractivity (Wildman–Crippen MR) is 75.3 cm³/mol. The summed E-state index contributed by atoms with van der Waals surface area (Å²) >= 11 is 2.99. The fraction of sp³-hybridized carbons (Fsp3) is 0.538. The van der Waals surface area contributed by atoms with Gasteiger partial charge in [-0.3, -0.25) is 10.1 Å². The van der Waals surface area contributed by atoms with Crippen LogP contribution in [0.2, 0.25) is 0 Å². The molecular formula is C13H14BrFN2O3. The summed E-state index contributed by atoms with van der Waals surface area (Å²) in [6, 6.07) is 2.56. The minimum atomic E-state index is -0.504. The fourth-order valence-electron chi connectivity index (χ4n) is 3.42. The molecule has 2 saturated heterocycles. The van der Waals surface area contributed by atoms with Gasteiger partial charge in [-0.1, -0.05) is 0 Å².